The van der Waals surface area contributed by atoms with E-state index < -0.39 is 0 Å². The van der Waals surface area contributed by atoms with Gasteiger partial charge in [0.2, 0.25) is 0 Å². The first-order valence-corrected chi connectivity index (χ1v) is 12.1. The van der Waals surface area contributed by atoms with Gasteiger partial charge in [0.05, 0.1) is 12.0 Å². The third-order valence-electron chi connectivity index (χ3n) is 4.96. The van der Waals surface area contributed by atoms with Crippen molar-refractivity contribution in [3.05, 3.63) is 51.7 Å². The van der Waals surface area contributed by atoms with Crippen molar-refractivity contribution in [1.29, 1.82) is 0 Å². The highest BCUT2D eigenvalue weighted by Gasteiger charge is 2.24. The number of carbonyl (C=O) groups is 1. The maximum Gasteiger partial charge on any atom is 0.250 e. The summed E-state index contributed by atoms with van der Waals surface area (Å²) < 4.78 is 2.20. The van der Waals surface area contributed by atoms with Gasteiger partial charge in [0.1, 0.15) is 0 Å². The van der Waals surface area contributed by atoms with Crippen molar-refractivity contribution in [3.63, 3.8) is 0 Å². The van der Waals surface area contributed by atoms with Gasteiger partial charge in [-0.25, -0.2) is 5.43 Å². The first kappa shape index (κ1) is 21.1. The molecule has 9 heteroatoms. The second kappa shape index (κ2) is 10.2. The van der Waals surface area contributed by atoms with Gasteiger partial charge in [-0.2, -0.15) is 5.10 Å². The van der Waals surface area contributed by atoms with Gasteiger partial charge in [0.15, 0.2) is 11.0 Å². The molecule has 0 atom stereocenters. The average molecular weight is 460 g/mol. The van der Waals surface area contributed by atoms with E-state index in [1.54, 1.807) is 17.6 Å². The molecule has 6 nitrogen and oxygen atoms in total. The van der Waals surface area contributed by atoms with E-state index in [1.165, 1.54) is 31.0 Å². The lowest BCUT2D eigenvalue weighted by atomic mass is 9.95. The third-order valence-corrected chi connectivity index (χ3v) is 6.97. The van der Waals surface area contributed by atoms with Crippen molar-refractivity contribution in [3.8, 4) is 11.4 Å². The van der Waals surface area contributed by atoms with Crippen molar-refractivity contribution < 1.29 is 4.79 Å². The number of nitrogens with one attached hydrogen (secondary N) is 1. The summed E-state index contributed by atoms with van der Waals surface area (Å²) in [6.45, 7) is 0. The molecule has 1 aliphatic carbocycles. The molecule has 2 heterocycles. The number of hydrogen-bond acceptors (Lipinski definition) is 6. The first-order valence-electron chi connectivity index (χ1n) is 9.90. The lowest BCUT2D eigenvalue weighted by Crippen LogP contribution is -2.20. The van der Waals surface area contributed by atoms with Crippen LogP contribution in [0.25, 0.3) is 11.4 Å². The summed E-state index contributed by atoms with van der Waals surface area (Å²) in [7, 11) is 0. The molecule has 1 N–H and O–H groups in total. The minimum Gasteiger partial charge on any atom is -0.299 e. The Kier molecular flexibility index (Phi) is 7.20. The third kappa shape index (κ3) is 5.30. The lowest BCUT2D eigenvalue weighted by Gasteiger charge is -2.25. The van der Waals surface area contributed by atoms with Crippen molar-refractivity contribution in [1.82, 2.24) is 20.2 Å². The van der Waals surface area contributed by atoms with Gasteiger partial charge in [0.25, 0.3) is 5.91 Å². The summed E-state index contributed by atoms with van der Waals surface area (Å²) in [5.41, 5.74) is 3.56. The molecule has 1 aliphatic rings. The van der Waals surface area contributed by atoms with Crippen LogP contribution in [0.3, 0.4) is 0 Å². The quantitative estimate of drug-likeness (QED) is 0.291. The Balaban J connectivity index is 1.48. The zero-order chi connectivity index (χ0) is 20.8. The van der Waals surface area contributed by atoms with E-state index in [0.29, 0.717) is 11.1 Å². The monoisotopic (exact) mass is 459 g/mol. The van der Waals surface area contributed by atoms with E-state index in [1.807, 2.05) is 41.8 Å². The van der Waals surface area contributed by atoms with Crippen LogP contribution in [0.5, 0.6) is 0 Å². The fourth-order valence-corrected chi connectivity index (χ4v) is 5.04. The molecular weight excluding hydrogens is 438 g/mol. The molecule has 1 aromatic carbocycles. The second-order valence-electron chi connectivity index (χ2n) is 7.07. The molecule has 3 aromatic rings. The van der Waals surface area contributed by atoms with Crippen LogP contribution in [0.2, 0.25) is 5.02 Å². The minimum absolute atomic E-state index is 0.168. The molecule has 0 bridgehead atoms. The Morgan fingerprint density at radius 2 is 2.03 bits per heavy atom. The van der Waals surface area contributed by atoms with E-state index in [2.05, 4.69) is 25.3 Å². The Hall–Kier alpha value is -2.16. The van der Waals surface area contributed by atoms with Crippen LogP contribution in [-0.4, -0.2) is 32.6 Å². The van der Waals surface area contributed by atoms with Crippen LogP contribution < -0.4 is 5.43 Å². The predicted octanol–water partition coefficient (Wildman–Crippen LogP) is 5.41. The number of carbonyl (C=O) groups excluding carboxylic acids is 1. The molecule has 156 valence electrons. The molecule has 2 aromatic heterocycles. The minimum atomic E-state index is -0.168. The average Bonchev–Trinajstić information content (AvgIpc) is 3.43. The Bertz CT molecular complexity index is 995. The summed E-state index contributed by atoms with van der Waals surface area (Å²) in [4.78, 5) is 13.2. The van der Waals surface area contributed by atoms with Gasteiger partial charge < -0.3 is 0 Å². The smallest absolute Gasteiger partial charge is 0.250 e. The summed E-state index contributed by atoms with van der Waals surface area (Å²) in [5, 5.41) is 16.3. The van der Waals surface area contributed by atoms with E-state index >= 15 is 0 Å². The zero-order valence-corrected chi connectivity index (χ0v) is 18.7. The van der Waals surface area contributed by atoms with Gasteiger partial charge in [-0.15, -0.1) is 21.5 Å². The molecule has 1 fully saturated rings. The predicted molar refractivity (Wildman–Crippen MR) is 123 cm³/mol. The van der Waals surface area contributed by atoms with Crippen LogP contribution in [-0.2, 0) is 4.79 Å². The molecule has 0 saturated heterocycles. The maximum absolute atomic E-state index is 12.2. The number of halogens is 1. The number of hydrogen-bond donors (Lipinski definition) is 1. The molecule has 0 radical (unpaired) electrons. The van der Waals surface area contributed by atoms with Gasteiger partial charge in [-0.1, -0.05) is 48.7 Å². The molecule has 30 heavy (non-hydrogen) atoms. The number of rotatable bonds is 7. The normalized spacial score (nSPS) is 15.0. The molecule has 0 spiro atoms. The van der Waals surface area contributed by atoms with Gasteiger partial charge >= 0.3 is 0 Å². The van der Waals surface area contributed by atoms with Crippen LogP contribution in [0, 0.1) is 0 Å². The number of thioether (sulfide) groups is 1. The maximum atomic E-state index is 12.2. The number of hydrazone groups is 1. The van der Waals surface area contributed by atoms with Gasteiger partial charge in [-0.3, -0.25) is 9.36 Å². The highest BCUT2D eigenvalue weighted by molar-refractivity contribution is 7.99. The summed E-state index contributed by atoms with van der Waals surface area (Å²) in [6, 6.07) is 11.9. The molecule has 0 aliphatic heterocycles. The topological polar surface area (TPSA) is 72.2 Å². The van der Waals surface area contributed by atoms with Crippen LogP contribution >= 0.6 is 34.7 Å². The number of nitrogens with zero attached hydrogens (tertiary/aromatic N) is 4. The van der Waals surface area contributed by atoms with E-state index in [-0.39, 0.29) is 11.7 Å². The van der Waals surface area contributed by atoms with Crippen molar-refractivity contribution in [2.75, 3.05) is 5.75 Å². The molecular formula is C21H22ClN5OS2. The number of amides is 1. The molecule has 1 saturated carbocycles. The standard InChI is InChI=1S/C21H22ClN5OS2/c22-16-10-8-15(9-11-16)20-25-26-21(27(20)17-5-2-1-3-6-17)30-14-19(28)24-23-13-18-7-4-12-29-18/h4,7-13,17H,1-3,5-6,14H2,(H,24,28). The lowest BCUT2D eigenvalue weighted by molar-refractivity contribution is -0.118. The number of thiophene rings is 1. The van der Waals surface area contributed by atoms with Crippen LogP contribution in [0.15, 0.2) is 52.0 Å². The SMILES string of the molecule is O=C(CSc1nnc(-c2ccc(Cl)cc2)n1C1CCCCC1)NN=Cc1cccs1. The Labute approximate surface area is 188 Å². The van der Waals surface area contributed by atoms with Gasteiger partial charge in [0, 0.05) is 21.5 Å². The highest BCUT2D eigenvalue weighted by Crippen LogP contribution is 2.35. The van der Waals surface area contributed by atoms with E-state index in [0.717, 1.165) is 34.3 Å². The first-order chi connectivity index (χ1) is 14.7. The zero-order valence-electron chi connectivity index (χ0n) is 16.3. The summed E-state index contributed by atoms with van der Waals surface area (Å²) in [6.07, 6.45) is 7.52. The fraction of sp³-hybridized carbons (Fsp3) is 0.333. The fourth-order valence-electron chi connectivity index (χ4n) is 3.53. The Morgan fingerprint density at radius 1 is 1.23 bits per heavy atom. The number of benzene rings is 1. The van der Waals surface area contributed by atoms with Gasteiger partial charge in [-0.05, 0) is 48.6 Å². The second-order valence-corrected chi connectivity index (χ2v) is 9.43. The van der Waals surface area contributed by atoms with Crippen LogP contribution in [0.4, 0.5) is 0 Å². The molecule has 4 rings (SSSR count). The van der Waals surface area contributed by atoms with Crippen molar-refractivity contribution in [2.24, 2.45) is 5.10 Å². The molecule has 0 unspecified atom stereocenters. The largest absolute Gasteiger partial charge is 0.299 e. The number of aromatic nitrogens is 3. The highest BCUT2D eigenvalue weighted by atomic mass is 35.5. The van der Waals surface area contributed by atoms with E-state index in [4.69, 9.17) is 11.6 Å². The van der Waals surface area contributed by atoms with Crippen molar-refractivity contribution in [2.45, 2.75) is 43.3 Å². The summed E-state index contributed by atoms with van der Waals surface area (Å²) in [5.74, 6) is 0.893. The van der Waals surface area contributed by atoms with Crippen LogP contribution in [0.1, 0.15) is 43.0 Å². The molecule has 1 amide bonds. The van der Waals surface area contributed by atoms with Crippen molar-refractivity contribution >= 4 is 46.8 Å². The van der Waals surface area contributed by atoms with E-state index in [9.17, 15) is 4.79 Å². The summed E-state index contributed by atoms with van der Waals surface area (Å²) >= 11 is 9.01. The Morgan fingerprint density at radius 3 is 2.77 bits per heavy atom.